The molecule has 0 spiro atoms. The number of amides is 1. The standard InChI is InChI=1S/C18H29NO/c1-6-8-9-10-16(5)19(18(20)7-2)17-12-14(3)11-15(4)13-17/h11-13,16H,6-10H2,1-5H3. The topological polar surface area (TPSA) is 20.3 Å². The molecular formula is C18H29NO. The van der Waals surface area contributed by atoms with Crippen LogP contribution in [0.2, 0.25) is 0 Å². The zero-order valence-corrected chi connectivity index (χ0v) is 13.7. The van der Waals surface area contributed by atoms with Crippen LogP contribution < -0.4 is 4.90 Å². The van der Waals surface area contributed by atoms with Crippen molar-refractivity contribution >= 4 is 11.6 Å². The highest BCUT2D eigenvalue weighted by molar-refractivity contribution is 5.93. The van der Waals surface area contributed by atoms with Gasteiger partial charge in [0.1, 0.15) is 0 Å². The summed E-state index contributed by atoms with van der Waals surface area (Å²) in [5.41, 5.74) is 3.49. The highest BCUT2D eigenvalue weighted by Gasteiger charge is 2.20. The van der Waals surface area contributed by atoms with E-state index in [1.165, 1.54) is 30.4 Å². The molecule has 0 heterocycles. The van der Waals surface area contributed by atoms with Gasteiger partial charge in [-0.15, -0.1) is 0 Å². The van der Waals surface area contributed by atoms with Crippen molar-refractivity contribution in [2.75, 3.05) is 4.90 Å². The van der Waals surface area contributed by atoms with Gasteiger partial charge in [0.25, 0.3) is 0 Å². The summed E-state index contributed by atoms with van der Waals surface area (Å²) in [5.74, 6) is 0.221. The minimum Gasteiger partial charge on any atom is -0.310 e. The van der Waals surface area contributed by atoms with Crippen LogP contribution >= 0.6 is 0 Å². The first kappa shape index (κ1) is 16.7. The summed E-state index contributed by atoms with van der Waals surface area (Å²) in [7, 11) is 0. The lowest BCUT2D eigenvalue weighted by Gasteiger charge is -2.30. The Morgan fingerprint density at radius 1 is 1.10 bits per heavy atom. The largest absolute Gasteiger partial charge is 0.310 e. The zero-order chi connectivity index (χ0) is 15.1. The SMILES string of the molecule is CCCCCC(C)N(C(=O)CC)c1cc(C)cc(C)c1. The van der Waals surface area contributed by atoms with Gasteiger partial charge in [0.05, 0.1) is 0 Å². The molecule has 0 aromatic heterocycles. The van der Waals surface area contributed by atoms with Crippen LogP contribution in [-0.4, -0.2) is 11.9 Å². The van der Waals surface area contributed by atoms with Crippen LogP contribution in [0.4, 0.5) is 5.69 Å². The molecular weight excluding hydrogens is 246 g/mol. The normalized spacial score (nSPS) is 12.2. The molecule has 0 fully saturated rings. The molecule has 0 aliphatic carbocycles. The summed E-state index contributed by atoms with van der Waals surface area (Å²) in [6, 6.07) is 6.67. The Bertz CT molecular complexity index is 419. The van der Waals surface area contributed by atoms with Crippen LogP contribution in [-0.2, 0) is 4.79 Å². The van der Waals surface area contributed by atoms with Gasteiger partial charge >= 0.3 is 0 Å². The van der Waals surface area contributed by atoms with E-state index in [0.717, 1.165) is 12.1 Å². The van der Waals surface area contributed by atoms with Gasteiger partial charge in [0.2, 0.25) is 5.91 Å². The van der Waals surface area contributed by atoms with Crippen molar-refractivity contribution in [3.05, 3.63) is 29.3 Å². The van der Waals surface area contributed by atoms with Crippen molar-refractivity contribution in [3.63, 3.8) is 0 Å². The molecule has 0 aliphatic rings. The lowest BCUT2D eigenvalue weighted by molar-refractivity contribution is -0.118. The Labute approximate surface area is 124 Å². The summed E-state index contributed by atoms with van der Waals surface area (Å²) >= 11 is 0. The van der Waals surface area contributed by atoms with Gasteiger partial charge in [0.15, 0.2) is 0 Å². The van der Waals surface area contributed by atoms with Crippen molar-refractivity contribution in [2.24, 2.45) is 0 Å². The van der Waals surface area contributed by atoms with Gasteiger partial charge in [0, 0.05) is 18.2 Å². The van der Waals surface area contributed by atoms with Crippen molar-refractivity contribution in [3.8, 4) is 0 Å². The van der Waals surface area contributed by atoms with E-state index in [-0.39, 0.29) is 11.9 Å². The number of rotatable bonds is 7. The van der Waals surface area contributed by atoms with E-state index in [9.17, 15) is 4.79 Å². The fraction of sp³-hybridized carbons (Fsp3) is 0.611. The maximum Gasteiger partial charge on any atom is 0.226 e. The maximum absolute atomic E-state index is 12.3. The van der Waals surface area contributed by atoms with Crippen LogP contribution in [0.1, 0.15) is 64.0 Å². The van der Waals surface area contributed by atoms with E-state index >= 15 is 0 Å². The van der Waals surface area contributed by atoms with Crippen LogP contribution in [0.3, 0.4) is 0 Å². The Kier molecular flexibility index (Phi) is 6.77. The number of carbonyl (C=O) groups excluding carboxylic acids is 1. The summed E-state index contributed by atoms with van der Waals surface area (Å²) in [6.45, 7) is 10.5. The van der Waals surface area contributed by atoms with E-state index in [4.69, 9.17) is 0 Å². The molecule has 20 heavy (non-hydrogen) atoms. The van der Waals surface area contributed by atoms with Crippen molar-refractivity contribution in [1.29, 1.82) is 0 Å². The summed E-state index contributed by atoms with van der Waals surface area (Å²) in [5, 5.41) is 0. The van der Waals surface area contributed by atoms with Gasteiger partial charge in [-0.1, -0.05) is 39.2 Å². The molecule has 0 saturated heterocycles. The fourth-order valence-electron chi connectivity index (χ4n) is 2.72. The lowest BCUT2D eigenvalue weighted by atomic mass is 10.0. The molecule has 112 valence electrons. The first-order chi connectivity index (χ1) is 9.49. The van der Waals surface area contributed by atoms with Gasteiger partial charge < -0.3 is 4.90 Å². The third kappa shape index (κ3) is 4.66. The Morgan fingerprint density at radius 2 is 1.70 bits per heavy atom. The second kappa shape index (κ2) is 8.08. The van der Waals surface area contributed by atoms with E-state index in [2.05, 4.69) is 45.9 Å². The van der Waals surface area contributed by atoms with Crippen molar-refractivity contribution in [1.82, 2.24) is 0 Å². The lowest BCUT2D eigenvalue weighted by Crippen LogP contribution is -2.38. The molecule has 0 bridgehead atoms. The first-order valence-corrected chi connectivity index (χ1v) is 7.89. The van der Waals surface area contributed by atoms with E-state index in [0.29, 0.717) is 6.42 Å². The molecule has 1 amide bonds. The van der Waals surface area contributed by atoms with Gasteiger partial charge in [-0.05, 0) is 50.5 Å². The monoisotopic (exact) mass is 275 g/mol. The minimum absolute atomic E-state index is 0.221. The number of hydrogen-bond acceptors (Lipinski definition) is 1. The van der Waals surface area contributed by atoms with Crippen LogP contribution in [0.25, 0.3) is 0 Å². The quantitative estimate of drug-likeness (QED) is 0.640. The molecule has 1 aromatic carbocycles. The summed E-state index contributed by atoms with van der Waals surface area (Å²) < 4.78 is 0. The van der Waals surface area contributed by atoms with Crippen molar-refractivity contribution < 1.29 is 4.79 Å². The van der Waals surface area contributed by atoms with Crippen LogP contribution in [0.5, 0.6) is 0 Å². The second-order valence-electron chi connectivity index (χ2n) is 5.81. The van der Waals surface area contributed by atoms with Crippen LogP contribution in [0, 0.1) is 13.8 Å². The maximum atomic E-state index is 12.3. The molecule has 1 aromatic rings. The summed E-state index contributed by atoms with van der Waals surface area (Å²) in [4.78, 5) is 14.3. The van der Waals surface area contributed by atoms with E-state index in [1.54, 1.807) is 0 Å². The molecule has 0 saturated carbocycles. The molecule has 1 unspecified atom stereocenters. The highest BCUT2D eigenvalue weighted by Crippen LogP contribution is 2.24. The van der Waals surface area contributed by atoms with Gasteiger partial charge in [-0.25, -0.2) is 0 Å². The smallest absolute Gasteiger partial charge is 0.226 e. The Balaban J connectivity index is 2.96. The molecule has 0 radical (unpaired) electrons. The number of hydrogen-bond donors (Lipinski definition) is 0. The number of unbranched alkanes of at least 4 members (excludes halogenated alkanes) is 2. The molecule has 0 N–H and O–H groups in total. The third-order valence-electron chi connectivity index (χ3n) is 3.72. The van der Waals surface area contributed by atoms with Crippen molar-refractivity contribution in [2.45, 2.75) is 72.8 Å². The fourth-order valence-corrected chi connectivity index (χ4v) is 2.72. The second-order valence-corrected chi connectivity index (χ2v) is 5.81. The number of aryl methyl sites for hydroxylation is 2. The Hall–Kier alpha value is -1.31. The average molecular weight is 275 g/mol. The molecule has 0 aliphatic heterocycles. The summed E-state index contributed by atoms with van der Waals surface area (Å²) in [6.07, 6.45) is 5.29. The first-order valence-electron chi connectivity index (χ1n) is 7.89. The number of carbonyl (C=O) groups is 1. The molecule has 1 atom stereocenters. The third-order valence-corrected chi connectivity index (χ3v) is 3.72. The van der Waals surface area contributed by atoms with Crippen LogP contribution in [0.15, 0.2) is 18.2 Å². The highest BCUT2D eigenvalue weighted by atomic mass is 16.2. The number of benzene rings is 1. The minimum atomic E-state index is 0.221. The average Bonchev–Trinajstić information content (AvgIpc) is 2.38. The predicted octanol–water partition coefficient (Wildman–Crippen LogP) is 5.02. The Morgan fingerprint density at radius 3 is 2.20 bits per heavy atom. The molecule has 2 nitrogen and oxygen atoms in total. The van der Waals surface area contributed by atoms with Gasteiger partial charge in [-0.2, -0.15) is 0 Å². The molecule has 2 heteroatoms. The zero-order valence-electron chi connectivity index (χ0n) is 13.7. The number of anilines is 1. The van der Waals surface area contributed by atoms with E-state index in [1.807, 2.05) is 11.8 Å². The predicted molar refractivity (Wildman–Crippen MR) is 87.3 cm³/mol. The van der Waals surface area contributed by atoms with Gasteiger partial charge in [-0.3, -0.25) is 4.79 Å². The van der Waals surface area contributed by atoms with E-state index < -0.39 is 0 Å². The number of nitrogens with zero attached hydrogens (tertiary/aromatic N) is 1. The molecule has 1 rings (SSSR count).